The van der Waals surface area contributed by atoms with Crippen LogP contribution in [0.2, 0.25) is 0 Å². The second-order valence-electron chi connectivity index (χ2n) is 6.23. The standard InChI is InChI=1S/C15H30N2O/c1-3-8-16-15-12-18-11-14(15)10-17(2)9-13-6-4-5-7-13/h13-16H,3-12H2,1-2H3. The van der Waals surface area contributed by atoms with Crippen LogP contribution in [0.25, 0.3) is 0 Å². The molecule has 2 rings (SSSR count). The highest BCUT2D eigenvalue weighted by Gasteiger charge is 2.29. The molecule has 1 aliphatic carbocycles. The summed E-state index contributed by atoms with van der Waals surface area (Å²) in [5, 5.41) is 3.63. The molecule has 0 spiro atoms. The van der Waals surface area contributed by atoms with E-state index in [1.807, 2.05) is 0 Å². The lowest BCUT2D eigenvalue weighted by molar-refractivity contribution is 0.169. The van der Waals surface area contributed by atoms with Gasteiger partial charge in [0, 0.05) is 25.0 Å². The van der Waals surface area contributed by atoms with Crippen molar-refractivity contribution in [3.8, 4) is 0 Å². The fourth-order valence-corrected chi connectivity index (χ4v) is 3.44. The molecule has 1 saturated carbocycles. The summed E-state index contributed by atoms with van der Waals surface area (Å²) in [5.41, 5.74) is 0. The molecule has 2 aliphatic rings. The maximum Gasteiger partial charge on any atom is 0.0623 e. The highest BCUT2D eigenvalue weighted by molar-refractivity contribution is 4.83. The molecule has 1 heterocycles. The largest absolute Gasteiger partial charge is 0.379 e. The van der Waals surface area contributed by atoms with E-state index in [1.54, 1.807) is 0 Å². The summed E-state index contributed by atoms with van der Waals surface area (Å²) < 4.78 is 5.65. The fourth-order valence-electron chi connectivity index (χ4n) is 3.44. The summed E-state index contributed by atoms with van der Waals surface area (Å²) in [6.07, 6.45) is 7.00. The highest BCUT2D eigenvalue weighted by Crippen LogP contribution is 2.25. The quantitative estimate of drug-likeness (QED) is 0.753. The SMILES string of the molecule is CCCNC1COCC1CN(C)CC1CCCC1. The lowest BCUT2D eigenvalue weighted by Crippen LogP contribution is -2.41. The van der Waals surface area contributed by atoms with Crippen molar-refractivity contribution in [2.45, 2.75) is 45.1 Å². The van der Waals surface area contributed by atoms with Gasteiger partial charge in [-0.1, -0.05) is 19.8 Å². The van der Waals surface area contributed by atoms with Crippen LogP contribution >= 0.6 is 0 Å². The van der Waals surface area contributed by atoms with Gasteiger partial charge in [0.2, 0.25) is 0 Å². The van der Waals surface area contributed by atoms with Crippen molar-refractivity contribution in [1.82, 2.24) is 10.2 Å². The molecule has 18 heavy (non-hydrogen) atoms. The smallest absolute Gasteiger partial charge is 0.0623 e. The van der Waals surface area contributed by atoms with Gasteiger partial charge in [0.1, 0.15) is 0 Å². The zero-order chi connectivity index (χ0) is 12.8. The first-order chi connectivity index (χ1) is 8.79. The Labute approximate surface area is 112 Å². The van der Waals surface area contributed by atoms with Gasteiger partial charge in [-0.2, -0.15) is 0 Å². The minimum Gasteiger partial charge on any atom is -0.379 e. The third-order valence-electron chi connectivity index (χ3n) is 4.45. The van der Waals surface area contributed by atoms with Crippen molar-refractivity contribution in [2.75, 3.05) is 39.9 Å². The van der Waals surface area contributed by atoms with Crippen molar-refractivity contribution in [3.63, 3.8) is 0 Å². The Kier molecular flexibility index (Phi) is 5.93. The molecule has 2 unspecified atom stereocenters. The van der Waals surface area contributed by atoms with Crippen molar-refractivity contribution >= 4 is 0 Å². The Morgan fingerprint density at radius 2 is 1.94 bits per heavy atom. The number of hydrogen-bond donors (Lipinski definition) is 1. The molecular formula is C15H30N2O. The van der Waals surface area contributed by atoms with E-state index in [0.717, 1.165) is 25.7 Å². The molecule has 0 aromatic heterocycles. The Morgan fingerprint density at radius 3 is 2.67 bits per heavy atom. The van der Waals surface area contributed by atoms with Crippen LogP contribution in [0.1, 0.15) is 39.0 Å². The summed E-state index contributed by atoms with van der Waals surface area (Å²) in [7, 11) is 2.29. The second-order valence-corrected chi connectivity index (χ2v) is 6.23. The number of hydrogen-bond acceptors (Lipinski definition) is 3. The topological polar surface area (TPSA) is 24.5 Å². The molecule has 106 valence electrons. The van der Waals surface area contributed by atoms with Crippen LogP contribution in [0.5, 0.6) is 0 Å². The van der Waals surface area contributed by atoms with Gasteiger partial charge in [-0.25, -0.2) is 0 Å². The minimum absolute atomic E-state index is 0.580. The average molecular weight is 254 g/mol. The highest BCUT2D eigenvalue weighted by atomic mass is 16.5. The van der Waals surface area contributed by atoms with Crippen molar-refractivity contribution in [1.29, 1.82) is 0 Å². The average Bonchev–Trinajstić information content (AvgIpc) is 2.98. The van der Waals surface area contributed by atoms with Gasteiger partial charge in [-0.15, -0.1) is 0 Å². The molecule has 0 radical (unpaired) electrons. The molecule has 2 atom stereocenters. The van der Waals surface area contributed by atoms with Gasteiger partial charge in [0.25, 0.3) is 0 Å². The fraction of sp³-hybridized carbons (Fsp3) is 1.00. The zero-order valence-corrected chi connectivity index (χ0v) is 12.2. The van der Waals surface area contributed by atoms with E-state index in [-0.39, 0.29) is 0 Å². The summed E-state index contributed by atoms with van der Waals surface area (Å²) in [6, 6.07) is 0.580. The number of nitrogens with zero attached hydrogens (tertiary/aromatic N) is 1. The summed E-state index contributed by atoms with van der Waals surface area (Å²) in [4.78, 5) is 2.54. The van der Waals surface area contributed by atoms with Crippen LogP contribution in [-0.4, -0.2) is 50.8 Å². The van der Waals surface area contributed by atoms with Gasteiger partial charge >= 0.3 is 0 Å². The van der Waals surface area contributed by atoms with Gasteiger partial charge < -0.3 is 15.0 Å². The van der Waals surface area contributed by atoms with Crippen molar-refractivity contribution < 1.29 is 4.74 Å². The lowest BCUT2D eigenvalue weighted by Gasteiger charge is -2.26. The van der Waals surface area contributed by atoms with Crippen LogP contribution in [0.4, 0.5) is 0 Å². The van der Waals surface area contributed by atoms with Crippen LogP contribution in [0.3, 0.4) is 0 Å². The predicted molar refractivity (Wildman–Crippen MR) is 75.8 cm³/mol. The lowest BCUT2D eigenvalue weighted by atomic mass is 10.0. The number of nitrogens with one attached hydrogen (secondary N) is 1. The first kappa shape index (κ1) is 14.3. The zero-order valence-electron chi connectivity index (χ0n) is 12.2. The first-order valence-electron chi connectivity index (χ1n) is 7.79. The van der Waals surface area contributed by atoms with Gasteiger partial charge in [-0.05, 0) is 38.8 Å². The summed E-state index contributed by atoms with van der Waals surface area (Å²) in [5.74, 6) is 1.64. The molecule has 1 aliphatic heterocycles. The molecule has 3 heteroatoms. The van der Waals surface area contributed by atoms with Gasteiger partial charge in [0.05, 0.1) is 13.2 Å². The number of ether oxygens (including phenoxy) is 1. The van der Waals surface area contributed by atoms with Crippen LogP contribution < -0.4 is 5.32 Å². The Hall–Kier alpha value is -0.120. The Balaban J connectivity index is 1.69. The Morgan fingerprint density at radius 1 is 1.17 bits per heavy atom. The monoisotopic (exact) mass is 254 g/mol. The van der Waals surface area contributed by atoms with Crippen molar-refractivity contribution in [2.24, 2.45) is 11.8 Å². The predicted octanol–water partition coefficient (Wildman–Crippen LogP) is 2.12. The first-order valence-corrected chi connectivity index (χ1v) is 7.79. The van der Waals surface area contributed by atoms with Crippen LogP contribution in [-0.2, 0) is 4.74 Å². The van der Waals surface area contributed by atoms with E-state index in [9.17, 15) is 0 Å². The third kappa shape index (κ3) is 4.22. The van der Waals surface area contributed by atoms with Gasteiger partial charge in [0.15, 0.2) is 0 Å². The van der Waals surface area contributed by atoms with E-state index in [4.69, 9.17) is 4.74 Å². The van der Waals surface area contributed by atoms with E-state index in [1.165, 1.54) is 45.2 Å². The van der Waals surface area contributed by atoms with Crippen molar-refractivity contribution in [3.05, 3.63) is 0 Å². The summed E-state index contributed by atoms with van der Waals surface area (Å²) in [6.45, 7) is 7.67. The second kappa shape index (κ2) is 7.46. The van der Waals surface area contributed by atoms with E-state index < -0.39 is 0 Å². The van der Waals surface area contributed by atoms with E-state index in [0.29, 0.717) is 12.0 Å². The molecule has 1 saturated heterocycles. The molecule has 0 amide bonds. The van der Waals surface area contributed by atoms with Crippen LogP contribution in [0, 0.1) is 11.8 Å². The summed E-state index contributed by atoms with van der Waals surface area (Å²) >= 11 is 0. The molecule has 0 aromatic rings. The third-order valence-corrected chi connectivity index (χ3v) is 4.45. The maximum absolute atomic E-state index is 5.65. The minimum atomic E-state index is 0.580. The van der Waals surface area contributed by atoms with Crippen LogP contribution in [0.15, 0.2) is 0 Å². The maximum atomic E-state index is 5.65. The van der Waals surface area contributed by atoms with E-state index in [2.05, 4.69) is 24.2 Å². The van der Waals surface area contributed by atoms with Gasteiger partial charge in [-0.3, -0.25) is 0 Å². The molecular weight excluding hydrogens is 224 g/mol. The number of rotatable bonds is 7. The molecule has 2 fully saturated rings. The molecule has 1 N–H and O–H groups in total. The molecule has 0 aromatic carbocycles. The Bertz CT molecular complexity index is 229. The molecule has 0 bridgehead atoms. The normalized spacial score (nSPS) is 29.5. The molecule has 3 nitrogen and oxygen atoms in total. The van der Waals surface area contributed by atoms with E-state index >= 15 is 0 Å².